The summed E-state index contributed by atoms with van der Waals surface area (Å²) in [6.07, 6.45) is 0.241. The molecule has 0 spiro atoms. The second-order valence-corrected chi connectivity index (χ2v) is 7.01. The summed E-state index contributed by atoms with van der Waals surface area (Å²) < 4.78 is 32.1. The summed E-state index contributed by atoms with van der Waals surface area (Å²) in [5.74, 6) is 0. The standard InChI is InChI=1S/C12H17ClN2O3S/c1-8-12(4-5-18-8)19(16,17)15-7-9-2-3-10(14)6-11(9)13/h2-3,6,8,12,15H,4-5,7,14H2,1H3/t8-,12-/m0/s1. The highest BCUT2D eigenvalue weighted by molar-refractivity contribution is 7.90. The number of nitrogens with one attached hydrogen (secondary N) is 1. The highest BCUT2D eigenvalue weighted by Gasteiger charge is 2.35. The van der Waals surface area contributed by atoms with Crippen LogP contribution in [0.1, 0.15) is 18.9 Å². The van der Waals surface area contributed by atoms with Crippen molar-refractivity contribution >= 4 is 27.3 Å². The number of nitrogens with two attached hydrogens (primary N) is 1. The van der Waals surface area contributed by atoms with Crippen molar-refractivity contribution in [1.82, 2.24) is 4.72 Å². The van der Waals surface area contributed by atoms with Gasteiger partial charge in [0.1, 0.15) is 5.25 Å². The summed E-state index contributed by atoms with van der Waals surface area (Å²) in [7, 11) is -3.40. The van der Waals surface area contributed by atoms with Gasteiger partial charge in [0.25, 0.3) is 0 Å². The first-order valence-electron chi connectivity index (χ1n) is 6.04. The number of benzene rings is 1. The second-order valence-electron chi connectivity index (χ2n) is 4.62. The van der Waals surface area contributed by atoms with Gasteiger partial charge in [-0.05, 0) is 31.0 Å². The molecule has 0 amide bonds. The molecule has 1 fully saturated rings. The van der Waals surface area contributed by atoms with Crippen LogP contribution in [-0.2, 0) is 21.3 Å². The van der Waals surface area contributed by atoms with E-state index >= 15 is 0 Å². The SMILES string of the molecule is C[C@@H]1OCC[C@@H]1S(=O)(=O)NCc1ccc(N)cc1Cl. The van der Waals surface area contributed by atoms with Crippen molar-refractivity contribution in [2.24, 2.45) is 0 Å². The molecule has 0 aliphatic carbocycles. The van der Waals surface area contributed by atoms with Crippen molar-refractivity contribution in [3.05, 3.63) is 28.8 Å². The number of hydrogen-bond acceptors (Lipinski definition) is 4. The molecule has 3 N–H and O–H groups in total. The zero-order valence-corrected chi connectivity index (χ0v) is 12.2. The summed E-state index contributed by atoms with van der Waals surface area (Å²) in [6.45, 7) is 2.41. The Balaban J connectivity index is 2.05. The molecular weight excluding hydrogens is 288 g/mol. The zero-order chi connectivity index (χ0) is 14.0. The summed E-state index contributed by atoms with van der Waals surface area (Å²) in [6, 6.07) is 5.01. The van der Waals surface area contributed by atoms with Crippen LogP contribution in [0.15, 0.2) is 18.2 Å². The van der Waals surface area contributed by atoms with E-state index in [0.717, 1.165) is 0 Å². The first kappa shape index (κ1) is 14.6. The average molecular weight is 305 g/mol. The minimum absolute atomic E-state index is 0.157. The highest BCUT2D eigenvalue weighted by Crippen LogP contribution is 2.22. The molecule has 5 nitrogen and oxygen atoms in total. The van der Waals surface area contributed by atoms with E-state index in [0.29, 0.717) is 29.3 Å². The molecule has 1 aromatic rings. The number of halogens is 1. The Hall–Kier alpha value is -0.820. The maximum atomic E-state index is 12.1. The molecule has 1 aliphatic heterocycles. The number of rotatable bonds is 4. The van der Waals surface area contributed by atoms with Gasteiger partial charge in [-0.15, -0.1) is 0 Å². The normalized spacial score (nSPS) is 23.7. The van der Waals surface area contributed by atoms with Gasteiger partial charge in [0.05, 0.1) is 6.10 Å². The maximum Gasteiger partial charge on any atom is 0.217 e. The van der Waals surface area contributed by atoms with Crippen LogP contribution in [0, 0.1) is 0 Å². The lowest BCUT2D eigenvalue weighted by Crippen LogP contribution is -2.37. The molecule has 1 saturated heterocycles. The third-order valence-corrected chi connectivity index (χ3v) is 5.56. The van der Waals surface area contributed by atoms with Gasteiger partial charge in [-0.2, -0.15) is 0 Å². The summed E-state index contributed by atoms with van der Waals surface area (Å²) >= 11 is 6.01. The van der Waals surface area contributed by atoms with Gasteiger partial charge in [0.2, 0.25) is 10.0 Å². The fraction of sp³-hybridized carbons (Fsp3) is 0.500. The summed E-state index contributed by atoms with van der Waals surface area (Å²) in [5, 5.41) is -0.0431. The number of ether oxygens (including phenoxy) is 1. The van der Waals surface area contributed by atoms with Crippen molar-refractivity contribution in [3.63, 3.8) is 0 Å². The fourth-order valence-electron chi connectivity index (χ4n) is 2.11. The lowest BCUT2D eigenvalue weighted by molar-refractivity contribution is 0.126. The molecular formula is C12H17ClN2O3S. The lowest BCUT2D eigenvalue weighted by atomic mass is 10.2. The van der Waals surface area contributed by atoms with E-state index in [1.807, 2.05) is 0 Å². The quantitative estimate of drug-likeness (QED) is 0.826. The number of sulfonamides is 1. The number of anilines is 1. The Morgan fingerprint density at radius 1 is 1.53 bits per heavy atom. The van der Waals surface area contributed by atoms with E-state index in [1.54, 1.807) is 25.1 Å². The molecule has 2 atom stereocenters. The maximum absolute atomic E-state index is 12.1. The van der Waals surface area contributed by atoms with Crippen LogP contribution in [0.2, 0.25) is 5.02 Å². The van der Waals surface area contributed by atoms with E-state index in [-0.39, 0.29) is 12.6 Å². The van der Waals surface area contributed by atoms with Crippen LogP contribution in [0.4, 0.5) is 5.69 Å². The number of hydrogen-bond donors (Lipinski definition) is 2. The molecule has 2 rings (SSSR count). The molecule has 1 heterocycles. The Labute approximate surface area is 118 Å². The van der Waals surface area contributed by atoms with Gasteiger partial charge in [0.15, 0.2) is 0 Å². The van der Waals surface area contributed by atoms with Crippen molar-refractivity contribution in [3.8, 4) is 0 Å². The third-order valence-electron chi connectivity index (χ3n) is 3.25. The minimum atomic E-state index is -3.40. The van der Waals surface area contributed by atoms with Gasteiger partial charge in [-0.1, -0.05) is 17.7 Å². The molecule has 106 valence electrons. The van der Waals surface area contributed by atoms with Crippen molar-refractivity contribution in [1.29, 1.82) is 0 Å². The number of nitrogen functional groups attached to an aromatic ring is 1. The van der Waals surface area contributed by atoms with Crippen molar-refractivity contribution in [2.45, 2.75) is 31.2 Å². The highest BCUT2D eigenvalue weighted by atomic mass is 35.5. The largest absolute Gasteiger partial charge is 0.399 e. The molecule has 7 heteroatoms. The topological polar surface area (TPSA) is 81.4 Å². The average Bonchev–Trinajstić information content (AvgIpc) is 2.75. The molecule has 1 aromatic carbocycles. The Kier molecular flexibility index (Phi) is 4.35. The van der Waals surface area contributed by atoms with Crippen LogP contribution in [-0.4, -0.2) is 26.4 Å². The van der Waals surface area contributed by atoms with Gasteiger partial charge in [-0.25, -0.2) is 13.1 Å². The predicted octanol–water partition coefficient (Wildman–Crippen LogP) is 1.52. The van der Waals surface area contributed by atoms with Crippen LogP contribution in [0.25, 0.3) is 0 Å². The molecule has 1 aliphatic rings. The van der Waals surface area contributed by atoms with Crippen molar-refractivity contribution in [2.75, 3.05) is 12.3 Å². The molecule has 19 heavy (non-hydrogen) atoms. The van der Waals surface area contributed by atoms with E-state index < -0.39 is 15.3 Å². The smallest absolute Gasteiger partial charge is 0.217 e. The Morgan fingerprint density at radius 3 is 2.84 bits per heavy atom. The monoisotopic (exact) mass is 304 g/mol. The zero-order valence-electron chi connectivity index (χ0n) is 10.6. The molecule has 0 aromatic heterocycles. The van der Waals surface area contributed by atoms with E-state index in [4.69, 9.17) is 22.1 Å². The van der Waals surface area contributed by atoms with Crippen LogP contribution in [0.3, 0.4) is 0 Å². The second kappa shape index (κ2) is 5.66. The predicted molar refractivity (Wildman–Crippen MR) is 75.4 cm³/mol. The first-order valence-corrected chi connectivity index (χ1v) is 7.96. The molecule has 0 unspecified atom stereocenters. The Morgan fingerprint density at radius 2 is 2.26 bits per heavy atom. The third kappa shape index (κ3) is 3.39. The van der Waals surface area contributed by atoms with Crippen LogP contribution >= 0.6 is 11.6 Å². The fourth-order valence-corrected chi connectivity index (χ4v) is 3.93. The van der Waals surface area contributed by atoms with Crippen LogP contribution in [0.5, 0.6) is 0 Å². The van der Waals surface area contributed by atoms with Gasteiger partial charge < -0.3 is 10.5 Å². The van der Waals surface area contributed by atoms with E-state index in [2.05, 4.69) is 4.72 Å². The summed E-state index contributed by atoms with van der Waals surface area (Å²) in [4.78, 5) is 0. The summed E-state index contributed by atoms with van der Waals surface area (Å²) in [5.41, 5.74) is 6.84. The molecule has 0 bridgehead atoms. The van der Waals surface area contributed by atoms with Gasteiger partial charge in [-0.3, -0.25) is 0 Å². The van der Waals surface area contributed by atoms with Crippen molar-refractivity contribution < 1.29 is 13.2 Å². The Bertz CT molecular complexity index is 562. The van der Waals surface area contributed by atoms with E-state index in [9.17, 15) is 8.42 Å². The minimum Gasteiger partial charge on any atom is -0.399 e. The first-order chi connectivity index (χ1) is 8.90. The lowest BCUT2D eigenvalue weighted by Gasteiger charge is -2.16. The molecule has 0 saturated carbocycles. The van der Waals surface area contributed by atoms with Gasteiger partial charge in [0, 0.05) is 23.9 Å². The van der Waals surface area contributed by atoms with Gasteiger partial charge >= 0.3 is 0 Å². The van der Waals surface area contributed by atoms with E-state index in [1.165, 1.54) is 0 Å². The van der Waals surface area contributed by atoms with Crippen LogP contribution < -0.4 is 10.5 Å². The molecule has 0 radical (unpaired) electrons.